The molecule has 0 aliphatic carbocycles. The molecule has 0 radical (unpaired) electrons. The second kappa shape index (κ2) is 7.04. The van der Waals surface area contributed by atoms with Crippen molar-refractivity contribution in [2.24, 2.45) is 0 Å². The fraction of sp³-hybridized carbons (Fsp3) is 0.250. The van der Waals surface area contributed by atoms with Gasteiger partial charge in [0.2, 0.25) is 11.6 Å². The van der Waals surface area contributed by atoms with E-state index in [0.717, 1.165) is 4.90 Å². The molecule has 1 aromatic carbocycles. The number of methoxy groups -OCH3 is 1. The summed E-state index contributed by atoms with van der Waals surface area (Å²) < 4.78 is 6.75. The van der Waals surface area contributed by atoms with Crippen molar-refractivity contribution in [2.75, 3.05) is 17.3 Å². The van der Waals surface area contributed by atoms with Gasteiger partial charge < -0.3 is 15.2 Å². The summed E-state index contributed by atoms with van der Waals surface area (Å²) in [5.74, 6) is 1.20. The van der Waals surface area contributed by atoms with Gasteiger partial charge in [-0.3, -0.25) is 4.40 Å². The lowest BCUT2D eigenvalue weighted by Gasteiger charge is -2.20. The molecule has 0 atom stereocenters. The number of nitrogens with zero attached hydrogens (tertiary/aromatic N) is 5. The monoisotopic (exact) mass is 376 g/mol. The van der Waals surface area contributed by atoms with Crippen molar-refractivity contribution in [1.82, 2.24) is 19.6 Å². The molecule has 3 aromatic rings. The number of halogens is 1. The Morgan fingerprint density at radius 1 is 1.38 bits per heavy atom. The lowest BCUT2D eigenvalue weighted by molar-refractivity contribution is 0.199. The zero-order valence-electron chi connectivity index (χ0n) is 14.3. The van der Waals surface area contributed by atoms with Crippen LogP contribution in [0.4, 0.5) is 22.2 Å². The zero-order valence-corrected chi connectivity index (χ0v) is 15.1. The summed E-state index contributed by atoms with van der Waals surface area (Å²) in [5, 5.41) is 21.1. The lowest BCUT2D eigenvalue weighted by Crippen LogP contribution is -2.37. The Morgan fingerprint density at radius 2 is 2.15 bits per heavy atom. The molecule has 136 valence electrons. The highest BCUT2D eigenvalue weighted by Gasteiger charge is 2.24. The van der Waals surface area contributed by atoms with E-state index in [1.165, 1.54) is 6.20 Å². The van der Waals surface area contributed by atoms with Crippen molar-refractivity contribution in [3.05, 3.63) is 35.6 Å². The van der Waals surface area contributed by atoms with Crippen molar-refractivity contribution in [1.29, 1.82) is 0 Å². The largest absolute Gasteiger partial charge is 0.497 e. The molecule has 0 fully saturated rings. The minimum Gasteiger partial charge on any atom is -0.497 e. The number of hydrogen-bond acceptors (Lipinski definition) is 6. The second-order valence-corrected chi connectivity index (χ2v) is 6.09. The van der Waals surface area contributed by atoms with Gasteiger partial charge in [-0.15, -0.1) is 10.2 Å². The number of benzene rings is 1. The molecule has 0 spiro atoms. The molecule has 2 N–H and O–H groups in total. The fourth-order valence-electron chi connectivity index (χ4n) is 2.46. The van der Waals surface area contributed by atoms with Gasteiger partial charge in [0, 0.05) is 24.5 Å². The quantitative estimate of drug-likeness (QED) is 0.702. The van der Waals surface area contributed by atoms with Gasteiger partial charge in [-0.25, -0.2) is 14.7 Å². The third kappa shape index (κ3) is 3.21. The van der Waals surface area contributed by atoms with E-state index >= 15 is 0 Å². The van der Waals surface area contributed by atoms with E-state index in [2.05, 4.69) is 20.5 Å². The van der Waals surface area contributed by atoms with Crippen molar-refractivity contribution in [2.45, 2.75) is 19.9 Å². The smallest absolute Gasteiger partial charge is 0.414 e. The van der Waals surface area contributed by atoms with E-state index in [0.29, 0.717) is 27.9 Å². The molecule has 1 amide bonds. The Bertz CT molecular complexity index is 958. The van der Waals surface area contributed by atoms with E-state index in [1.54, 1.807) is 49.8 Å². The first-order valence-corrected chi connectivity index (χ1v) is 8.12. The van der Waals surface area contributed by atoms with Crippen LogP contribution in [0.1, 0.15) is 13.8 Å². The topological polar surface area (TPSA) is 105 Å². The number of carboxylic acid groups (broad SMARTS) is 1. The fourth-order valence-corrected chi connectivity index (χ4v) is 2.62. The first-order valence-electron chi connectivity index (χ1n) is 7.74. The van der Waals surface area contributed by atoms with E-state index in [9.17, 15) is 9.90 Å². The first kappa shape index (κ1) is 17.7. The molecule has 0 saturated carbocycles. The summed E-state index contributed by atoms with van der Waals surface area (Å²) >= 11 is 6.22. The molecule has 9 nitrogen and oxygen atoms in total. The highest BCUT2D eigenvalue weighted by atomic mass is 35.5. The van der Waals surface area contributed by atoms with Crippen LogP contribution >= 0.6 is 11.6 Å². The Labute approximate surface area is 154 Å². The molecule has 0 bridgehead atoms. The average molecular weight is 377 g/mol. The molecule has 0 unspecified atom stereocenters. The number of fused-ring (bicyclic) bond motifs is 1. The van der Waals surface area contributed by atoms with Crippen molar-refractivity contribution in [3.63, 3.8) is 0 Å². The summed E-state index contributed by atoms with van der Waals surface area (Å²) in [4.78, 5) is 16.9. The summed E-state index contributed by atoms with van der Waals surface area (Å²) in [5.41, 5.74) is 0.948. The van der Waals surface area contributed by atoms with Crippen molar-refractivity contribution < 1.29 is 14.6 Å². The summed E-state index contributed by atoms with van der Waals surface area (Å²) in [7, 11) is 1.56. The predicted molar refractivity (Wildman–Crippen MR) is 97.7 cm³/mol. The Kier molecular flexibility index (Phi) is 4.81. The van der Waals surface area contributed by atoms with Crippen LogP contribution in [0.25, 0.3) is 5.65 Å². The number of anilines is 3. The Balaban J connectivity index is 2.05. The number of nitrogens with one attached hydrogen (secondary N) is 1. The predicted octanol–water partition coefficient (Wildman–Crippen LogP) is 3.42. The van der Waals surface area contributed by atoms with Crippen molar-refractivity contribution >= 4 is 40.8 Å². The molecule has 2 aromatic heterocycles. The number of amides is 1. The van der Waals surface area contributed by atoms with Crippen LogP contribution in [0, 0.1) is 0 Å². The van der Waals surface area contributed by atoms with Crippen LogP contribution in [0.3, 0.4) is 0 Å². The lowest BCUT2D eigenvalue weighted by atomic mass is 10.3. The highest BCUT2D eigenvalue weighted by Crippen LogP contribution is 2.30. The maximum Gasteiger partial charge on any atom is 0.414 e. The maximum absolute atomic E-state index is 11.6. The summed E-state index contributed by atoms with van der Waals surface area (Å²) in [6, 6.07) is 4.85. The Morgan fingerprint density at radius 3 is 2.81 bits per heavy atom. The average Bonchev–Trinajstić information content (AvgIpc) is 3.01. The van der Waals surface area contributed by atoms with Crippen molar-refractivity contribution in [3.8, 4) is 5.75 Å². The maximum atomic E-state index is 11.6. The molecule has 26 heavy (non-hydrogen) atoms. The van der Waals surface area contributed by atoms with Crippen LogP contribution in [0.5, 0.6) is 5.75 Å². The van der Waals surface area contributed by atoms with E-state index in [4.69, 9.17) is 16.3 Å². The molecule has 2 heterocycles. The zero-order chi connectivity index (χ0) is 18.8. The third-order valence-electron chi connectivity index (χ3n) is 3.67. The van der Waals surface area contributed by atoms with Gasteiger partial charge in [0.25, 0.3) is 0 Å². The van der Waals surface area contributed by atoms with E-state index in [1.807, 2.05) is 0 Å². The van der Waals surface area contributed by atoms with E-state index in [-0.39, 0.29) is 12.0 Å². The third-order valence-corrected chi connectivity index (χ3v) is 4.00. The highest BCUT2D eigenvalue weighted by molar-refractivity contribution is 6.33. The number of carbonyl (C=O) groups is 1. The molecular weight excluding hydrogens is 360 g/mol. The van der Waals surface area contributed by atoms with Crippen LogP contribution < -0.4 is 15.0 Å². The van der Waals surface area contributed by atoms with Crippen LogP contribution in [-0.2, 0) is 0 Å². The molecule has 3 rings (SSSR count). The molecule has 0 aliphatic heterocycles. The SMILES string of the molecule is COc1ccc(Cl)c(Nc2nccn3c(N(C(=O)O)C(C)C)nnc23)c1. The number of ether oxygens (including phenoxy) is 1. The van der Waals surface area contributed by atoms with Crippen LogP contribution in [0.2, 0.25) is 5.02 Å². The van der Waals surface area contributed by atoms with Gasteiger partial charge in [-0.2, -0.15) is 0 Å². The van der Waals surface area contributed by atoms with Gasteiger partial charge in [-0.1, -0.05) is 11.6 Å². The van der Waals surface area contributed by atoms with Crippen LogP contribution in [0.15, 0.2) is 30.6 Å². The molecular formula is C16H17ClN6O3. The number of hydrogen-bond donors (Lipinski definition) is 2. The van der Waals surface area contributed by atoms with Gasteiger partial charge in [0.05, 0.1) is 17.8 Å². The minimum atomic E-state index is -1.11. The standard InChI is InChI=1S/C16H17ClN6O3/c1-9(2)23(16(24)25)15-21-20-14-13(18-6-7-22(14)15)19-12-8-10(26-3)4-5-11(12)17/h4-9H,1-3H3,(H,18,19)(H,24,25). The van der Waals surface area contributed by atoms with Crippen LogP contribution in [-0.4, -0.2) is 43.9 Å². The Hall–Kier alpha value is -3.07. The second-order valence-electron chi connectivity index (χ2n) is 5.69. The van der Waals surface area contributed by atoms with Gasteiger partial charge in [0.15, 0.2) is 5.82 Å². The number of aromatic nitrogens is 4. The number of rotatable bonds is 5. The summed E-state index contributed by atoms with van der Waals surface area (Å²) in [6.45, 7) is 3.51. The normalized spacial score (nSPS) is 11.0. The van der Waals surface area contributed by atoms with Gasteiger partial charge >= 0.3 is 6.09 Å². The van der Waals surface area contributed by atoms with E-state index < -0.39 is 6.09 Å². The first-order chi connectivity index (χ1) is 12.4. The van der Waals surface area contributed by atoms with Gasteiger partial charge in [0.1, 0.15) is 5.75 Å². The van der Waals surface area contributed by atoms with Gasteiger partial charge in [-0.05, 0) is 26.0 Å². The molecule has 0 aliphatic rings. The molecule has 10 heteroatoms. The summed E-state index contributed by atoms with van der Waals surface area (Å²) in [6.07, 6.45) is 2.01. The minimum absolute atomic E-state index is 0.185. The molecule has 0 saturated heterocycles.